The first-order chi connectivity index (χ1) is 10.7. The van der Waals surface area contributed by atoms with Crippen molar-refractivity contribution in [2.24, 2.45) is 11.8 Å². The summed E-state index contributed by atoms with van der Waals surface area (Å²) < 4.78 is 37.2. The number of piperidine rings is 1. The Morgan fingerprint density at radius 3 is 2.26 bits per heavy atom. The summed E-state index contributed by atoms with van der Waals surface area (Å²) in [6.45, 7) is 1.96. The molecule has 0 bridgehead atoms. The molecule has 1 saturated carbocycles. The first-order valence-corrected chi connectivity index (χ1v) is 8.52. The van der Waals surface area contributed by atoms with Gasteiger partial charge in [-0.1, -0.05) is 0 Å². The Balaban J connectivity index is 1.72. The van der Waals surface area contributed by atoms with E-state index < -0.39 is 12.7 Å². The van der Waals surface area contributed by atoms with Crippen LogP contribution in [0.3, 0.4) is 0 Å². The minimum absolute atomic E-state index is 0.0117. The van der Waals surface area contributed by atoms with Crippen molar-refractivity contribution in [1.82, 2.24) is 10.2 Å². The lowest BCUT2D eigenvalue weighted by molar-refractivity contribution is -0.148. The number of carbonyl (C=O) groups is 1. The van der Waals surface area contributed by atoms with Crippen molar-refractivity contribution >= 4 is 5.91 Å². The van der Waals surface area contributed by atoms with Gasteiger partial charge in [-0.15, -0.1) is 0 Å². The molecule has 1 heterocycles. The van der Waals surface area contributed by atoms with Crippen LogP contribution in [0.2, 0.25) is 0 Å². The monoisotopic (exact) mass is 336 g/mol. The first-order valence-electron chi connectivity index (χ1n) is 8.52. The Bertz CT molecular complexity index is 387. The molecule has 2 aliphatic rings. The van der Waals surface area contributed by atoms with Gasteiger partial charge >= 0.3 is 6.18 Å². The average Bonchev–Trinajstić information content (AvgIpc) is 2.46. The molecule has 1 atom stereocenters. The maximum atomic E-state index is 12.4. The quantitative estimate of drug-likeness (QED) is 0.828. The normalized spacial score (nSPS) is 29.3. The minimum atomic E-state index is -4.14. The maximum absolute atomic E-state index is 12.4. The predicted molar refractivity (Wildman–Crippen MR) is 80.8 cm³/mol. The van der Waals surface area contributed by atoms with Gasteiger partial charge in [0.1, 0.15) is 0 Å². The van der Waals surface area contributed by atoms with Crippen LogP contribution < -0.4 is 5.32 Å². The van der Waals surface area contributed by atoms with E-state index >= 15 is 0 Å². The van der Waals surface area contributed by atoms with Gasteiger partial charge in [-0.3, -0.25) is 9.69 Å². The lowest BCUT2D eigenvalue weighted by Gasteiger charge is -2.36. The number of aliphatic hydroxyl groups excluding tert-OH is 1. The van der Waals surface area contributed by atoms with Crippen LogP contribution in [0.5, 0.6) is 0 Å². The number of alkyl halides is 3. The number of hydrogen-bond acceptors (Lipinski definition) is 3. The molecule has 2 fully saturated rings. The molecule has 0 aromatic heterocycles. The Morgan fingerprint density at radius 2 is 1.74 bits per heavy atom. The zero-order valence-electron chi connectivity index (χ0n) is 13.6. The number of rotatable bonds is 4. The van der Waals surface area contributed by atoms with Gasteiger partial charge in [-0.2, -0.15) is 13.2 Å². The van der Waals surface area contributed by atoms with Gasteiger partial charge in [0.2, 0.25) is 5.91 Å². The van der Waals surface area contributed by atoms with Crippen molar-refractivity contribution in [3.8, 4) is 0 Å². The molecule has 1 unspecified atom stereocenters. The molecule has 134 valence electrons. The van der Waals surface area contributed by atoms with E-state index in [2.05, 4.69) is 5.32 Å². The molecule has 1 aliphatic heterocycles. The Kier molecular flexibility index (Phi) is 6.31. The number of carbonyl (C=O) groups excluding carboxylic acids is 1. The molecule has 4 nitrogen and oxygen atoms in total. The minimum Gasteiger partial charge on any atom is -0.393 e. The second-order valence-corrected chi connectivity index (χ2v) is 7.03. The molecule has 1 amide bonds. The van der Waals surface area contributed by atoms with Crippen LogP contribution in [0.4, 0.5) is 13.2 Å². The maximum Gasteiger partial charge on any atom is 0.401 e. The topological polar surface area (TPSA) is 52.6 Å². The predicted octanol–water partition coefficient (Wildman–Crippen LogP) is 2.32. The molecule has 2 N–H and O–H groups in total. The lowest BCUT2D eigenvalue weighted by atomic mass is 9.85. The smallest absolute Gasteiger partial charge is 0.393 e. The van der Waals surface area contributed by atoms with Gasteiger partial charge in [0, 0.05) is 12.0 Å². The molecule has 0 aromatic carbocycles. The third-order valence-corrected chi connectivity index (χ3v) is 5.18. The standard InChI is InChI=1S/C16H27F3N2O2/c1-11(20-15(23)13-2-4-14(22)5-3-13)12-6-8-21(9-7-12)10-16(17,18)19/h11-14,22H,2-10H2,1H3,(H,20,23). The van der Waals surface area contributed by atoms with E-state index in [0.717, 1.165) is 0 Å². The summed E-state index contributed by atoms with van der Waals surface area (Å²) in [6, 6.07) is -0.0117. The summed E-state index contributed by atoms with van der Waals surface area (Å²) in [5.41, 5.74) is 0. The summed E-state index contributed by atoms with van der Waals surface area (Å²) >= 11 is 0. The molecular formula is C16H27F3N2O2. The average molecular weight is 336 g/mol. The van der Waals surface area contributed by atoms with Crippen LogP contribution in [0, 0.1) is 11.8 Å². The van der Waals surface area contributed by atoms with Crippen LogP contribution in [0.1, 0.15) is 45.4 Å². The molecule has 2 rings (SSSR count). The van der Waals surface area contributed by atoms with Gasteiger partial charge in [0.25, 0.3) is 0 Å². The van der Waals surface area contributed by atoms with E-state index in [0.29, 0.717) is 51.6 Å². The van der Waals surface area contributed by atoms with Crippen molar-refractivity contribution < 1.29 is 23.1 Å². The van der Waals surface area contributed by atoms with Crippen LogP contribution in [0.25, 0.3) is 0 Å². The van der Waals surface area contributed by atoms with E-state index in [1.807, 2.05) is 6.92 Å². The zero-order chi connectivity index (χ0) is 17.0. The molecule has 1 saturated heterocycles. The molecule has 0 radical (unpaired) electrons. The van der Waals surface area contributed by atoms with Gasteiger partial charge in [-0.25, -0.2) is 0 Å². The van der Waals surface area contributed by atoms with E-state index in [4.69, 9.17) is 0 Å². The van der Waals surface area contributed by atoms with Crippen molar-refractivity contribution in [3.05, 3.63) is 0 Å². The fraction of sp³-hybridized carbons (Fsp3) is 0.938. The van der Waals surface area contributed by atoms with Gasteiger partial charge in [-0.05, 0) is 64.5 Å². The lowest BCUT2D eigenvalue weighted by Crippen LogP contribution is -2.47. The summed E-state index contributed by atoms with van der Waals surface area (Å²) in [6.07, 6.45) is -0.299. The highest BCUT2D eigenvalue weighted by molar-refractivity contribution is 5.79. The second kappa shape index (κ2) is 7.83. The van der Waals surface area contributed by atoms with E-state index in [1.165, 1.54) is 4.90 Å². The van der Waals surface area contributed by atoms with Crippen molar-refractivity contribution in [1.29, 1.82) is 0 Å². The van der Waals surface area contributed by atoms with Crippen LogP contribution in [-0.4, -0.2) is 53.9 Å². The third kappa shape index (κ3) is 5.95. The fourth-order valence-electron chi connectivity index (χ4n) is 3.66. The van der Waals surface area contributed by atoms with Crippen molar-refractivity contribution in [2.45, 2.75) is 63.8 Å². The summed E-state index contributed by atoms with van der Waals surface area (Å²) in [5, 5.41) is 12.5. The Hall–Kier alpha value is -0.820. The SMILES string of the molecule is CC(NC(=O)C1CCC(O)CC1)C1CCN(CC(F)(F)F)CC1. The first kappa shape index (κ1) is 18.5. The molecular weight excluding hydrogens is 309 g/mol. The summed E-state index contributed by atoms with van der Waals surface area (Å²) in [5.74, 6) is 0.228. The van der Waals surface area contributed by atoms with Crippen LogP contribution in [-0.2, 0) is 4.79 Å². The molecule has 23 heavy (non-hydrogen) atoms. The van der Waals surface area contributed by atoms with Crippen LogP contribution in [0.15, 0.2) is 0 Å². The zero-order valence-corrected chi connectivity index (χ0v) is 13.6. The summed E-state index contributed by atoms with van der Waals surface area (Å²) in [4.78, 5) is 13.7. The molecule has 0 spiro atoms. The van der Waals surface area contributed by atoms with Gasteiger partial charge in [0.15, 0.2) is 0 Å². The van der Waals surface area contributed by atoms with Gasteiger partial charge < -0.3 is 10.4 Å². The number of hydrogen-bond donors (Lipinski definition) is 2. The number of aliphatic hydroxyl groups is 1. The Labute approximate surface area is 135 Å². The highest BCUT2D eigenvalue weighted by atomic mass is 19.4. The molecule has 7 heteroatoms. The van der Waals surface area contributed by atoms with Crippen molar-refractivity contribution in [2.75, 3.05) is 19.6 Å². The van der Waals surface area contributed by atoms with E-state index in [9.17, 15) is 23.1 Å². The molecule has 0 aromatic rings. The number of nitrogens with one attached hydrogen (secondary N) is 1. The highest BCUT2D eigenvalue weighted by Gasteiger charge is 2.34. The largest absolute Gasteiger partial charge is 0.401 e. The summed E-state index contributed by atoms with van der Waals surface area (Å²) in [7, 11) is 0. The van der Waals surface area contributed by atoms with E-state index in [1.54, 1.807) is 0 Å². The number of nitrogens with zero attached hydrogens (tertiary/aromatic N) is 1. The Morgan fingerprint density at radius 1 is 1.17 bits per heavy atom. The fourth-order valence-corrected chi connectivity index (χ4v) is 3.66. The van der Waals surface area contributed by atoms with Crippen LogP contribution >= 0.6 is 0 Å². The van der Waals surface area contributed by atoms with E-state index in [-0.39, 0.29) is 29.9 Å². The number of likely N-dealkylation sites (tertiary alicyclic amines) is 1. The molecule has 1 aliphatic carbocycles. The second-order valence-electron chi connectivity index (χ2n) is 7.03. The van der Waals surface area contributed by atoms with Gasteiger partial charge in [0.05, 0.1) is 12.6 Å². The number of halogens is 3. The van der Waals surface area contributed by atoms with Crippen molar-refractivity contribution in [3.63, 3.8) is 0 Å². The number of amides is 1. The highest BCUT2D eigenvalue weighted by Crippen LogP contribution is 2.27. The third-order valence-electron chi connectivity index (χ3n) is 5.18.